The summed E-state index contributed by atoms with van der Waals surface area (Å²) in [4.78, 5) is 12.1. The summed E-state index contributed by atoms with van der Waals surface area (Å²) in [7, 11) is -3.66. The Morgan fingerprint density at radius 2 is 1.70 bits per heavy atom. The number of nitrogens with zero attached hydrogens (tertiary/aromatic N) is 1. The summed E-state index contributed by atoms with van der Waals surface area (Å²) in [5, 5.41) is 15.1. The molecule has 8 nitrogen and oxygen atoms in total. The van der Waals surface area contributed by atoms with Gasteiger partial charge in [-0.2, -0.15) is 0 Å². The van der Waals surface area contributed by atoms with E-state index in [0.717, 1.165) is 0 Å². The molecule has 0 saturated carbocycles. The third-order valence-electron chi connectivity index (χ3n) is 3.03. The summed E-state index contributed by atoms with van der Waals surface area (Å²) >= 11 is 0. The zero-order valence-electron chi connectivity index (χ0n) is 14.7. The molecule has 0 rings (SSSR count). The van der Waals surface area contributed by atoms with Crippen molar-refractivity contribution < 1.29 is 28.4 Å². The smallest absolute Gasteiger partial charge is 0.353 e. The van der Waals surface area contributed by atoms with Crippen LogP contribution in [0.1, 0.15) is 41.5 Å². The number of carbonyl (C=O) groups is 1. The van der Waals surface area contributed by atoms with Crippen molar-refractivity contribution >= 4 is 19.3 Å². The minimum atomic E-state index is -3.66. The van der Waals surface area contributed by atoms with Gasteiger partial charge in [-0.25, -0.2) is 0 Å². The van der Waals surface area contributed by atoms with Gasteiger partial charge in [0.25, 0.3) is 0 Å². The molecule has 0 saturated heterocycles. The van der Waals surface area contributed by atoms with Crippen LogP contribution in [0, 0.1) is 5.92 Å². The van der Waals surface area contributed by atoms with Crippen LogP contribution in [0.25, 0.3) is 0 Å². The van der Waals surface area contributed by atoms with Crippen molar-refractivity contribution in [1.29, 1.82) is 0 Å². The van der Waals surface area contributed by atoms with Gasteiger partial charge in [0.05, 0.1) is 25.5 Å². The molecular formula is C14H29N2O6P. The van der Waals surface area contributed by atoms with Crippen molar-refractivity contribution in [2.24, 2.45) is 11.1 Å². The first kappa shape index (κ1) is 22.1. The van der Waals surface area contributed by atoms with Crippen LogP contribution in [0.4, 0.5) is 0 Å². The molecule has 0 aliphatic heterocycles. The van der Waals surface area contributed by atoms with E-state index in [9.17, 15) is 9.36 Å². The lowest BCUT2D eigenvalue weighted by Gasteiger charge is -2.30. The first-order chi connectivity index (χ1) is 10.8. The highest BCUT2D eigenvalue weighted by Gasteiger charge is 2.41. The summed E-state index contributed by atoms with van der Waals surface area (Å²) in [5.74, 6) is -1.67. The van der Waals surface area contributed by atoms with E-state index in [2.05, 4.69) is 10.5 Å². The Kier molecular flexibility index (Phi) is 10.3. The molecule has 0 aromatic heterocycles. The first-order valence-electron chi connectivity index (χ1n) is 7.77. The molecule has 0 aliphatic carbocycles. The normalized spacial score (nSPS) is 15.5. The third-order valence-corrected chi connectivity index (χ3v) is 5.42. The van der Waals surface area contributed by atoms with E-state index >= 15 is 0 Å². The zero-order chi connectivity index (χ0) is 18.0. The predicted molar refractivity (Wildman–Crippen MR) is 87.9 cm³/mol. The van der Waals surface area contributed by atoms with Crippen LogP contribution in [0.5, 0.6) is 0 Å². The van der Waals surface area contributed by atoms with E-state index in [1.807, 2.05) is 13.8 Å². The molecule has 0 amide bonds. The van der Waals surface area contributed by atoms with Gasteiger partial charge < -0.3 is 19.0 Å². The summed E-state index contributed by atoms with van der Waals surface area (Å²) < 4.78 is 28.6. The number of ether oxygens (including phenoxy) is 1. The Labute approximate surface area is 138 Å². The van der Waals surface area contributed by atoms with Crippen molar-refractivity contribution in [1.82, 2.24) is 5.32 Å². The topological polar surface area (TPSA) is 106 Å². The minimum absolute atomic E-state index is 0.102. The maximum absolute atomic E-state index is 13.0. The zero-order valence-corrected chi connectivity index (χ0v) is 15.6. The highest BCUT2D eigenvalue weighted by atomic mass is 31.2. The molecule has 0 aliphatic rings. The minimum Gasteiger partial charge on any atom is -0.465 e. The SMILES string of the molecule is CCOC(=O)[C@@H](NC(/C(C)=N/O)P(=O)(OCC)OCC)C(C)C. The summed E-state index contributed by atoms with van der Waals surface area (Å²) in [5.41, 5.74) is 0.102. The predicted octanol–water partition coefficient (Wildman–Crippen LogP) is 2.61. The quantitative estimate of drug-likeness (QED) is 0.193. The molecule has 0 heterocycles. The second-order valence-corrected chi connectivity index (χ2v) is 7.27. The summed E-state index contributed by atoms with van der Waals surface area (Å²) in [6.07, 6.45) is 0. The van der Waals surface area contributed by atoms with Gasteiger partial charge in [0.2, 0.25) is 0 Å². The molecule has 136 valence electrons. The largest absolute Gasteiger partial charge is 0.465 e. The molecule has 9 heteroatoms. The molecule has 0 aromatic rings. The molecule has 0 aromatic carbocycles. The monoisotopic (exact) mass is 352 g/mol. The van der Waals surface area contributed by atoms with Crippen molar-refractivity contribution in [2.75, 3.05) is 19.8 Å². The number of hydrogen-bond donors (Lipinski definition) is 2. The standard InChI is InChI=1S/C14H29N2O6P/c1-7-20-14(17)12(10(4)5)15-13(11(6)16-18)23(19,21-8-2)22-9-3/h10,12-13,15,18H,7-9H2,1-6H3/b16-11+/t12-,13?/m0/s1. The van der Waals surface area contributed by atoms with Crippen LogP contribution in [0.15, 0.2) is 5.16 Å². The number of hydrogen-bond acceptors (Lipinski definition) is 8. The maximum atomic E-state index is 13.0. The number of nitrogens with one attached hydrogen (secondary N) is 1. The Morgan fingerprint density at radius 3 is 2.04 bits per heavy atom. The lowest BCUT2D eigenvalue weighted by atomic mass is 10.0. The molecule has 0 radical (unpaired) electrons. The number of oxime groups is 1. The molecule has 2 atom stereocenters. The number of carbonyl (C=O) groups excluding carboxylic acids is 1. The van der Waals surface area contributed by atoms with E-state index < -0.39 is 25.4 Å². The second kappa shape index (κ2) is 10.8. The molecule has 0 fully saturated rings. The van der Waals surface area contributed by atoms with Crippen molar-refractivity contribution in [2.45, 2.75) is 53.4 Å². The first-order valence-corrected chi connectivity index (χ1v) is 9.38. The van der Waals surface area contributed by atoms with Crippen LogP contribution in [0.2, 0.25) is 0 Å². The fourth-order valence-corrected chi connectivity index (χ4v) is 3.92. The average molecular weight is 352 g/mol. The van der Waals surface area contributed by atoms with Gasteiger partial charge in [-0.1, -0.05) is 19.0 Å². The maximum Gasteiger partial charge on any atom is 0.353 e. The Hall–Kier alpha value is -0.950. The van der Waals surface area contributed by atoms with E-state index in [-0.39, 0.29) is 31.5 Å². The van der Waals surface area contributed by atoms with Crippen molar-refractivity contribution in [3.63, 3.8) is 0 Å². The molecule has 23 heavy (non-hydrogen) atoms. The fraction of sp³-hybridized carbons (Fsp3) is 0.857. The second-order valence-electron chi connectivity index (χ2n) is 5.16. The molecular weight excluding hydrogens is 323 g/mol. The molecule has 0 bridgehead atoms. The van der Waals surface area contributed by atoms with Gasteiger partial charge in [0.1, 0.15) is 6.04 Å². The average Bonchev–Trinajstić information content (AvgIpc) is 2.47. The van der Waals surface area contributed by atoms with Gasteiger partial charge >= 0.3 is 13.6 Å². The van der Waals surface area contributed by atoms with Gasteiger partial charge in [0, 0.05) is 0 Å². The molecule has 2 N–H and O–H groups in total. The van der Waals surface area contributed by atoms with Gasteiger partial charge in [-0.15, -0.1) is 0 Å². The lowest BCUT2D eigenvalue weighted by molar-refractivity contribution is -0.146. The molecule has 1 unspecified atom stereocenters. The van der Waals surface area contributed by atoms with E-state index in [1.54, 1.807) is 20.8 Å². The third kappa shape index (κ3) is 6.59. The van der Waals surface area contributed by atoms with Gasteiger partial charge in [0.15, 0.2) is 5.78 Å². The highest BCUT2D eigenvalue weighted by molar-refractivity contribution is 7.55. The van der Waals surface area contributed by atoms with E-state index in [1.165, 1.54) is 6.92 Å². The van der Waals surface area contributed by atoms with Crippen LogP contribution < -0.4 is 5.32 Å². The molecule has 0 spiro atoms. The van der Waals surface area contributed by atoms with Crippen molar-refractivity contribution in [3.05, 3.63) is 0 Å². The van der Waals surface area contributed by atoms with Crippen LogP contribution >= 0.6 is 7.60 Å². The lowest BCUT2D eigenvalue weighted by Crippen LogP contribution is -2.50. The van der Waals surface area contributed by atoms with Gasteiger partial charge in [-0.3, -0.25) is 14.7 Å². The summed E-state index contributed by atoms with van der Waals surface area (Å²) in [6.45, 7) is 10.7. The van der Waals surface area contributed by atoms with E-state index in [0.29, 0.717) is 0 Å². The number of esters is 1. The highest BCUT2D eigenvalue weighted by Crippen LogP contribution is 2.52. The summed E-state index contributed by atoms with van der Waals surface area (Å²) in [6, 6.07) is -0.745. The Bertz CT molecular complexity index is 431. The van der Waals surface area contributed by atoms with E-state index in [4.69, 9.17) is 19.0 Å². The van der Waals surface area contributed by atoms with Crippen LogP contribution in [-0.4, -0.2) is 48.5 Å². The van der Waals surface area contributed by atoms with Crippen LogP contribution in [-0.2, 0) is 23.1 Å². The van der Waals surface area contributed by atoms with Crippen molar-refractivity contribution in [3.8, 4) is 0 Å². The van der Waals surface area contributed by atoms with Gasteiger partial charge in [-0.05, 0) is 33.6 Å². The Balaban J connectivity index is 5.61. The number of rotatable bonds is 11. The Morgan fingerprint density at radius 1 is 1.17 bits per heavy atom. The van der Waals surface area contributed by atoms with Crippen LogP contribution in [0.3, 0.4) is 0 Å². The fourth-order valence-electron chi connectivity index (χ4n) is 1.98.